The molecule has 0 spiro atoms. The highest BCUT2D eigenvalue weighted by molar-refractivity contribution is 5.97. The number of nitrogens with one attached hydrogen (secondary N) is 2. The summed E-state index contributed by atoms with van der Waals surface area (Å²) in [5.41, 5.74) is -0.0774. The average Bonchev–Trinajstić information content (AvgIpc) is 2.51. The van der Waals surface area contributed by atoms with E-state index in [1.165, 1.54) is 0 Å². The summed E-state index contributed by atoms with van der Waals surface area (Å²) in [5, 5.41) is 4.46. The number of hydrogen-bond donors (Lipinski definition) is 2. The SMILES string of the molecule is CC[C@@H](C)NC(=O)NC(=O)COC(=O)c1ccc(OC(F)(F)F)cc1. The van der Waals surface area contributed by atoms with Crippen LogP contribution < -0.4 is 15.4 Å². The molecule has 0 fully saturated rings. The molecule has 0 aromatic heterocycles. The Balaban J connectivity index is 2.46. The number of urea groups is 1. The van der Waals surface area contributed by atoms with Gasteiger partial charge in [-0.15, -0.1) is 13.2 Å². The van der Waals surface area contributed by atoms with E-state index in [1.54, 1.807) is 6.92 Å². The van der Waals surface area contributed by atoms with E-state index in [1.807, 2.05) is 12.2 Å². The molecule has 0 aliphatic rings. The van der Waals surface area contributed by atoms with Gasteiger partial charge >= 0.3 is 18.4 Å². The van der Waals surface area contributed by atoms with Crippen LogP contribution in [0.2, 0.25) is 0 Å². The molecule has 25 heavy (non-hydrogen) atoms. The number of hydrogen-bond acceptors (Lipinski definition) is 5. The minimum Gasteiger partial charge on any atom is -0.452 e. The Morgan fingerprint density at radius 1 is 1.16 bits per heavy atom. The third-order valence-corrected chi connectivity index (χ3v) is 2.90. The van der Waals surface area contributed by atoms with Crippen molar-refractivity contribution in [2.75, 3.05) is 6.61 Å². The second kappa shape index (κ2) is 8.90. The van der Waals surface area contributed by atoms with Gasteiger partial charge in [0, 0.05) is 6.04 Å². The molecule has 0 heterocycles. The second-order valence-corrected chi connectivity index (χ2v) is 4.98. The number of imide groups is 1. The van der Waals surface area contributed by atoms with Crippen LogP contribution in [0.3, 0.4) is 0 Å². The van der Waals surface area contributed by atoms with Crippen LogP contribution in [0.1, 0.15) is 30.6 Å². The molecule has 0 aliphatic carbocycles. The Morgan fingerprint density at radius 3 is 2.28 bits per heavy atom. The maximum absolute atomic E-state index is 12.0. The summed E-state index contributed by atoms with van der Waals surface area (Å²) in [5.74, 6) is -2.27. The van der Waals surface area contributed by atoms with Crippen LogP contribution >= 0.6 is 0 Å². The van der Waals surface area contributed by atoms with Gasteiger partial charge in [-0.2, -0.15) is 0 Å². The summed E-state index contributed by atoms with van der Waals surface area (Å²) in [6.45, 7) is 2.88. The highest BCUT2D eigenvalue weighted by Crippen LogP contribution is 2.22. The average molecular weight is 362 g/mol. The van der Waals surface area contributed by atoms with Gasteiger partial charge in [0.1, 0.15) is 5.75 Å². The third kappa shape index (κ3) is 8.04. The van der Waals surface area contributed by atoms with Crippen molar-refractivity contribution >= 4 is 17.9 Å². The maximum atomic E-state index is 12.0. The summed E-state index contributed by atoms with van der Waals surface area (Å²) < 4.78 is 44.4. The Labute approximate surface area is 141 Å². The predicted molar refractivity (Wildman–Crippen MR) is 79.8 cm³/mol. The first kappa shape index (κ1) is 20.3. The molecule has 0 unspecified atom stereocenters. The van der Waals surface area contributed by atoms with Gasteiger partial charge in [-0.1, -0.05) is 6.92 Å². The number of esters is 1. The zero-order valence-corrected chi connectivity index (χ0v) is 13.5. The number of alkyl halides is 3. The fourth-order valence-electron chi connectivity index (χ4n) is 1.53. The van der Waals surface area contributed by atoms with Crippen molar-refractivity contribution < 1.29 is 37.0 Å². The van der Waals surface area contributed by atoms with Gasteiger partial charge in [-0.25, -0.2) is 9.59 Å². The van der Waals surface area contributed by atoms with E-state index in [2.05, 4.69) is 14.8 Å². The molecule has 0 bridgehead atoms. The standard InChI is InChI=1S/C15H17F3N2O5/c1-3-9(2)19-14(23)20-12(21)8-24-13(22)10-4-6-11(7-5-10)25-15(16,17)18/h4-7,9H,3,8H2,1-2H3,(H2,19,20,21,23)/t9-/m1/s1. The number of carbonyl (C=O) groups excluding carboxylic acids is 3. The van der Waals surface area contributed by atoms with E-state index in [4.69, 9.17) is 0 Å². The molecule has 138 valence electrons. The molecule has 0 radical (unpaired) electrons. The topological polar surface area (TPSA) is 93.7 Å². The van der Waals surface area contributed by atoms with E-state index < -0.39 is 36.6 Å². The Morgan fingerprint density at radius 2 is 1.76 bits per heavy atom. The number of rotatable bonds is 6. The summed E-state index contributed by atoms with van der Waals surface area (Å²) in [6, 6.07) is 3.12. The van der Waals surface area contributed by atoms with Crippen molar-refractivity contribution in [2.24, 2.45) is 0 Å². The molecule has 1 atom stereocenters. The van der Waals surface area contributed by atoms with E-state index in [0.717, 1.165) is 24.3 Å². The first-order valence-corrected chi connectivity index (χ1v) is 7.24. The van der Waals surface area contributed by atoms with Crippen LogP contribution in [0.5, 0.6) is 5.75 Å². The molecule has 0 saturated carbocycles. The molecule has 0 aliphatic heterocycles. The van der Waals surface area contributed by atoms with Crippen molar-refractivity contribution in [3.05, 3.63) is 29.8 Å². The van der Waals surface area contributed by atoms with Gasteiger partial charge in [-0.3, -0.25) is 10.1 Å². The van der Waals surface area contributed by atoms with Crippen LogP contribution in [0.15, 0.2) is 24.3 Å². The zero-order chi connectivity index (χ0) is 19.0. The van der Waals surface area contributed by atoms with Gasteiger partial charge in [0.15, 0.2) is 6.61 Å². The smallest absolute Gasteiger partial charge is 0.452 e. The van der Waals surface area contributed by atoms with E-state index in [0.29, 0.717) is 6.42 Å². The minimum atomic E-state index is -4.84. The molecule has 7 nitrogen and oxygen atoms in total. The maximum Gasteiger partial charge on any atom is 0.573 e. The Kier molecular flexibility index (Phi) is 7.22. The number of ether oxygens (including phenoxy) is 2. The largest absolute Gasteiger partial charge is 0.573 e. The van der Waals surface area contributed by atoms with Crippen molar-refractivity contribution in [3.8, 4) is 5.75 Å². The molecule has 3 amide bonds. The fraction of sp³-hybridized carbons (Fsp3) is 0.400. The number of benzene rings is 1. The number of halogens is 3. The van der Waals surface area contributed by atoms with E-state index in [9.17, 15) is 27.6 Å². The highest BCUT2D eigenvalue weighted by Gasteiger charge is 2.31. The Bertz CT molecular complexity index is 617. The monoisotopic (exact) mass is 362 g/mol. The van der Waals surface area contributed by atoms with E-state index in [-0.39, 0.29) is 11.6 Å². The summed E-state index contributed by atoms with van der Waals surface area (Å²) in [4.78, 5) is 34.6. The quantitative estimate of drug-likeness (QED) is 0.758. The molecular weight excluding hydrogens is 345 g/mol. The lowest BCUT2D eigenvalue weighted by Crippen LogP contribution is -2.44. The molecular formula is C15H17F3N2O5. The van der Waals surface area contributed by atoms with Crippen molar-refractivity contribution in [3.63, 3.8) is 0 Å². The molecule has 0 saturated heterocycles. The molecule has 10 heteroatoms. The molecule has 1 aromatic rings. The predicted octanol–water partition coefficient (Wildman–Crippen LogP) is 2.37. The van der Waals surface area contributed by atoms with Crippen molar-refractivity contribution in [1.29, 1.82) is 0 Å². The lowest BCUT2D eigenvalue weighted by atomic mass is 10.2. The fourth-order valence-corrected chi connectivity index (χ4v) is 1.53. The van der Waals surface area contributed by atoms with Gasteiger partial charge in [0.2, 0.25) is 0 Å². The van der Waals surface area contributed by atoms with Crippen LogP contribution in [-0.4, -0.2) is 36.9 Å². The minimum absolute atomic E-state index is 0.0774. The van der Waals surface area contributed by atoms with Crippen molar-refractivity contribution in [2.45, 2.75) is 32.7 Å². The Hall–Kier alpha value is -2.78. The normalized spacial score (nSPS) is 12.0. The van der Waals surface area contributed by atoms with Crippen LogP contribution in [0.4, 0.5) is 18.0 Å². The lowest BCUT2D eigenvalue weighted by molar-refractivity contribution is -0.274. The molecule has 1 aromatic carbocycles. The molecule has 1 rings (SSSR count). The zero-order valence-electron chi connectivity index (χ0n) is 13.5. The van der Waals surface area contributed by atoms with Gasteiger partial charge in [0.25, 0.3) is 5.91 Å². The second-order valence-electron chi connectivity index (χ2n) is 4.98. The van der Waals surface area contributed by atoms with E-state index >= 15 is 0 Å². The van der Waals surface area contributed by atoms with Crippen LogP contribution in [0, 0.1) is 0 Å². The van der Waals surface area contributed by atoms with Gasteiger partial charge < -0.3 is 14.8 Å². The lowest BCUT2D eigenvalue weighted by Gasteiger charge is -2.12. The summed E-state index contributed by atoms with van der Waals surface area (Å²) in [6.07, 6.45) is -4.17. The van der Waals surface area contributed by atoms with Crippen LogP contribution in [-0.2, 0) is 9.53 Å². The highest BCUT2D eigenvalue weighted by atomic mass is 19.4. The third-order valence-electron chi connectivity index (χ3n) is 2.90. The van der Waals surface area contributed by atoms with Crippen molar-refractivity contribution in [1.82, 2.24) is 10.6 Å². The van der Waals surface area contributed by atoms with Gasteiger partial charge in [-0.05, 0) is 37.6 Å². The number of carbonyl (C=O) groups is 3. The first-order chi connectivity index (χ1) is 11.6. The van der Waals surface area contributed by atoms with Gasteiger partial charge in [0.05, 0.1) is 5.56 Å². The van der Waals surface area contributed by atoms with Crippen LogP contribution in [0.25, 0.3) is 0 Å². The summed E-state index contributed by atoms with van der Waals surface area (Å²) in [7, 11) is 0. The first-order valence-electron chi connectivity index (χ1n) is 7.24. The summed E-state index contributed by atoms with van der Waals surface area (Å²) >= 11 is 0. The number of amides is 3. The molecule has 2 N–H and O–H groups in total.